The summed E-state index contributed by atoms with van der Waals surface area (Å²) in [7, 11) is 2.06. The molecule has 0 heterocycles. The Hall–Kier alpha value is -0.130. The fourth-order valence-corrected chi connectivity index (χ4v) is 0.327. The molecule has 0 unspecified atom stereocenters. The second-order valence-electron chi connectivity index (χ2n) is 1.86. The van der Waals surface area contributed by atoms with Crippen molar-refractivity contribution in [2.45, 2.75) is 6.92 Å². The van der Waals surface area contributed by atoms with Crippen molar-refractivity contribution in [2.24, 2.45) is 0 Å². The average molecular weight is 99.4 g/mol. The standard InChI is InChI=1S/C4H8B4/c1-4(5)8-7-3-6-2/h3H,2,5H2,1H3. The van der Waals surface area contributed by atoms with Crippen LogP contribution in [0.15, 0.2) is 0 Å². The van der Waals surface area contributed by atoms with Crippen LogP contribution in [0.1, 0.15) is 6.92 Å². The molecule has 0 aliphatic heterocycles. The molecule has 0 atom stereocenters. The van der Waals surface area contributed by atoms with Crippen LogP contribution in [0.25, 0.3) is 0 Å². The van der Waals surface area contributed by atoms with E-state index in [2.05, 4.69) is 21.2 Å². The molecule has 0 nitrogen and oxygen atoms in total. The van der Waals surface area contributed by atoms with E-state index >= 15 is 0 Å². The molecular weight excluding hydrogens is 91.3 g/mol. The molecule has 0 aromatic carbocycles. The zero-order chi connectivity index (χ0) is 6.41. The molecule has 8 heavy (non-hydrogen) atoms. The molecule has 36 valence electrons. The molecule has 0 aliphatic rings. The zero-order valence-electron chi connectivity index (χ0n) is 5.52. The van der Waals surface area contributed by atoms with E-state index in [4.69, 9.17) is 0 Å². The molecule has 0 saturated carbocycles. The van der Waals surface area contributed by atoms with Gasteiger partial charge in [0.1, 0.15) is 0 Å². The first-order valence-corrected chi connectivity index (χ1v) is 2.70. The summed E-state index contributed by atoms with van der Waals surface area (Å²) in [5.74, 6) is 1.91. The molecule has 0 fully saturated rings. The monoisotopic (exact) mass is 100 g/mol. The van der Waals surface area contributed by atoms with Crippen LogP contribution >= 0.6 is 0 Å². The minimum atomic E-state index is 1.31. The second kappa shape index (κ2) is 5.02. The van der Waals surface area contributed by atoms with Gasteiger partial charge in [-0.3, -0.25) is 0 Å². The van der Waals surface area contributed by atoms with Gasteiger partial charge in [0.25, 0.3) is 0 Å². The van der Waals surface area contributed by atoms with E-state index in [1.807, 2.05) is 19.5 Å². The van der Waals surface area contributed by atoms with Crippen molar-refractivity contribution >= 4 is 46.1 Å². The van der Waals surface area contributed by atoms with Crippen LogP contribution in [0.3, 0.4) is 0 Å². The third-order valence-electron chi connectivity index (χ3n) is 0.677. The van der Waals surface area contributed by atoms with Crippen molar-refractivity contribution in [2.75, 3.05) is 0 Å². The molecule has 0 bridgehead atoms. The summed E-state index contributed by atoms with van der Waals surface area (Å²) in [5.41, 5.74) is 0. The van der Waals surface area contributed by atoms with Crippen molar-refractivity contribution in [1.82, 2.24) is 0 Å². The first kappa shape index (κ1) is 7.87. The first-order chi connectivity index (χ1) is 3.77. The van der Waals surface area contributed by atoms with E-state index in [0.29, 0.717) is 0 Å². The van der Waals surface area contributed by atoms with Crippen LogP contribution < -0.4 is 0 Å². The number of rotatable bonds is 2. The van der Waals surface area contributed by atoms with E-state index in [-0.39, 0.29) is 0 Å². The van der Waals surface area contributed by atoms with Crippen LogP contribution in [0.2, 0.25) is 0 Å². The van der Waals surface area contributed by atoms with Gasteiger partial charge in [-0.1, -0.05) is 0 Å². The third-order valence-corrected chi connectivity index (χ3v) is 0.677. The summed E-state index contributed by atoms with van der Waals surface area (Å²) in [6, 6.07) is 0. The Kier molecular flexibility index (Phi) is 4.93. The zero-order valence-corrected chi connectivity index (χ0v) is 5.52. The van der Waals surface area contributed by atoms with E-state index in [0.717, 1.165) is 0 Å². The molecule has 0 aliphatic carbocycles. The van der Waals surface area contributed by atoms with Crippen molar-refractivity contribution in [3.8, 4) is 0 Å². The Balaban J connectivity index is 3.57. The summed E-state index contributed by atoms with van der Waals surface area (Å²) in [6.45, 7) is 11.4. The van der Waals surface area contributed by atoms with Crippen LogP contribution in [-0.2, 0) is 0 Å². The SMILES string of the molecule is B/C(C)=B\B=C/B=C. The van der Waals surface area contributed by atoms with Crippen LogP contribution in [0, 0.1) is 0 Å². The maximum atomic E-state index is 3.54. The fourth-order valence-electron chi connectivity index (χ4n) is 0.327. The molecule has 0 aromatic heterocycles. The van der Waals surface area contributed by atoms with Gasteiger partial charge >= 0.3 is 53.0 Å². The van der Waals surface area contributed by atoms with Gasteiger partial charge in [0, 0.05) is 0 Å². The normalized spacial score (nSPS) is 9.88. The second-order valence-corrected chi connectivity index (χ2v) is 1.86. The van der Waals surface area contributed by atoms with Gasteiger partial charge in [-0.05, 0) is 0 Å². The molecule has 0 aromatic rings. The van der Waals surface area contributed by atoms with Gasteiger partial charge in [0.05, 0.1) is 0 Å². The Morgan fingerprint density at radius 1 is 1.75 bits per heavy atom. The van der Waals surface area contributed by atoms with Gasteiger partial charge < -0.3 is 0 Å². The summed E-state index contributed by atoms with van der Waals surface area (Å²) < 4.78 is 0. The van der Waals surface area contributed by atoms with Gasteiger partial charge in [-0.2, -0.15) is 0 Å². The molecular formula is C4H8B4. The van der Waals surface area contributed by atoms with Crippen molar-refractivity contribution in [3.05, 3.63) is 0 Å². The Morgan fingerprint density at radius 2 is 2.38 bits per heavy atom. The molecule has 0 rings (SSSR count). The molecule has 0 spiro atoms. The molecule has 0 amide bonds. The van der Waals surface area contributed by atoms with Gasteiger partial charge in [-0.15, -0.1) is 0 Å². The van der Waals surface area contributed by atoms with Crippen LogP contribution in [0.5, 0.6) is 0 Å². The molecule has 0 radical (unpaired) electrons. The Labute approximate surface area is 53.8 Å². The average Bonchev–Trinajstić information content (AvgIpc) is 1.66. The molecule has 0 saturated heterocycles. The predicted molar refractivity (Wildman–Crippen MR) is 49.7 cm³/mol. The predicted octanol–water partition coefficient (Wildman–Crippen LogP) is -2.01. The minimum absolute atomic E-state index is 1.31. The van der Waals surface area contributed by atoms with E-state index < -0.39 is 0 Å². The first-order valence-electron chi connectivity index (χ1n) is 2.70. The third kappa shape index (κ3) is 5.87. The van der Waals surface area contributed by atoms with Gasteiger partial charge in [0.15, 0.2) is 0 Å². The van der Waals surface area contributed by atoms with Crippen molar-refractivity contribution < 1.29 is 0 Å². The molecule has 4 heteroatoms. The quantitative estimate of drug-likeness (QED) is 0.351. The summed E-state index contributed by atoms with van der Waals surface area (Å²) >= 11 is 0. The summed E-state index contributed by atoms with van der Waals surface area (Å²) in [5, 5.41) is 1.31. The van der Waals surface area contributed by atoms with E-state index in [9.17, 15) is 0 Å². The number of hydrogen-bond donors (Lipinski definition) is 0. The Bertz CT molecular complexity index is 120. The van der Waals surface area contributed by atoms with Crippen LogP contribution in [0.4, 0.5) is 0 Å². The van der Waals surface area contributed by atoms with Crippen molar-refractivity contribution in [3.63, 3.8) is 0 Å². The molecule has 0 N–H and O–H groups in total. The maximum absolute atomic E-state index is 3.54. The van der Waals surface area contributed by atoms with Crippen molar-refractivity contribution in [1.29, 1.82) is 0 Å². The Morgan fingerprint density at radius 3 is 2.75 bits per heavy atom. The fraction of sp³-hybridized carbons (Fsp3) is 0.250. The van der Waals surface area contributed by atoms with E-state index in [1.54, 1.807) is 6.92 Å². The number of hydrogen-bond acceptors (Lipinski definition) is 0. The summed E-state index contributed by atoms with van der Waals surface area (Å²) in [6.07, 6.45) is 0. The van der Waals surface area contributed by atoms with Gasteiger partial charge in [-0.25, -0.2) is 0 Å². The van der Waals surface area contributed by atoms with Gasteiger partial charge in [0.2, 0.25) is 0 Å². The summed E-state index contributed by atoms with van der Waals surface area (Å²) in [4.78, 5) is 0. The van der Waals surface area contributed by atoms with E-state index in [1.165, 1.54) is 5.36 Å². The van der Waals surface area contributed by atoms with Crippen LogP contribution in [-0.4, -0.2) is 46.1 Å². The topological polar surface area (TPSA) is 0 Å².